The second-order valence-corrected chi connectivity index (χ2v) is 4.81. The van der Waals surface area contributed by atoms with Crippen molar-refractivity contribution < 1.29 is 14.0 Å². The fourth-order valence-corrected chi connectivity index (χ4v) is 2.31. The van der Waals surface area contributed by atoms with Crippen LogP contribution in [0.15, 0.2) is 22.7 Å². The zero-order valence-electron chi connectivity index (χ0n) is 9.49. The van der Waals surface area contributed by atoms with Gasteiger partial charge in [-0.25, -0.2) is 4.39 Å². The van der Waals surface area contributed by atoms with Crippen molar-refractivity contribution in [2.45, 2.75) is 25.4 Å². The Bertz CT molecular complexity index is 572. The number of rotatable bonds is 3. The molecular weight excluding hydrogens is 257 g/mol. The third-order valence-corrected chi connectivity index (χ3v) is 3.44. The topological polar surface area (TPSA) is 46.3 Å². The Labute approximate surface area is 108 Å². The molecule has 0 aliphatic heterocycles. The summed E-state index contributed by atoms with van der Waals surface area (Å²) in [6.07, 6.45) is 2.04. The van der Waals surface area contributed by atoms with Crippen molar-refractivity contribution in [2.75, 3.05) is 0 Å². The zero-order chi connectivity index (χ0) is 12.7. The maximum absolute atomic E-state index is 13.8. The van der Waals surface area contributed by atoms with E-state index in [1.807, 2.05) is 0 Å². The molecule has 0 amide bonds. The van der Waals surface area contributed by atoms with Gasteiger partial charge < -0.3 is 9.63 Å². The summed E-state index contributed by atoms with van der Waals surface area (Å²) in [4.78, 5) is 0. The highest BCUT2D eigenvalue weighted by molar-refractivity contribution is 6.33. The van der Waals surface area contributed by atoms with Crippen LogP contribution in [0.2, 0.25) is 5.02 Å². The molecule has 0 saturated heterocycles. The average Bonchev–Trinajstić information content (AvgIpc) is 3.10. The summed E-state index contributed by atoms with van der Waals surface area (Å²) in [6, 6.07) is 4.43. The Balaban J connectivity index is 2.16. The van der Waals surface area contributed by atoms with E-state index in [0.29, 0.717) is 22.9 Å². The van der Waals surface area contributed by atoms with Crippen LogP contribution in [0.4, 0.5) is 4.39 Å². The minimum atomic E-state index is -0.465. The number of hydrogen-bond donors (Lipinski definition) is 1. The number of nitrogens with zero attached hydrogens (tertiary/aromatic N) is 1. The molecule has 1 aromatic carbocycles. The summed E-state index contributed by atoms with van der Waals surface area (Å²) in [5, 5.41) is 13.6. The van der Waals surface area contributed by atoms with Crippen LogP contribution in [0.1, 0.15) is 30.1 Å². The standard InChI is InChI=1S/C13H11ClFNO2/c14-9-2-1-3-10(15)11(9)12-8(6-17)13(18-16-12)7-4-5-7/h1-3,7,17H,4-6H2. The van der Waals surface area contributed by atoms with Crippen molar-refractivity contribution in [1.29, 1.82) is 0 Å². The minimum Gasteiger partial charge on any atom is -0.391 e. The Morgan fingerprint density at radius 2 is 2.22 bits per heavy atom. The molecule has 2 aromatic rings. The number of aliphatic hydroxyl groups excluding tert-OH is 1. The molecule has 3 rings (SSSR count). The van der Waals surface area contributed by atoms with Gasteiger partial charge in [0.25, 0.3) is 0 Å². The predicted octanol–water partition coefficient (Wildman–Crippen LogP) is 3.50. The van der Waals surface area contributed by atoms with E-state index in [-0.39, 0.29) is 17.2 Å². The molecule has 1 aliphatic carbocycles. The Hall–Kier alpha value is -1.39. The van der Waals surface area contributed by atoms with Gasteiger partial charge in [0.05, 0.1) is 17.2 Å². The molecule has 0 radical (unpaired) electrons. The third-order valence-electron chi connectivity index (χ3n) is 3.12. The number of aromatic nitrogens is 1. The smallest absolute Gasteiger partial charge is 0.145 e. The highest BCUT2D eigenvalue weighted by atomic mass is 35.5. The molecule has 5 heteroatoms. The van der Waals surface area contributed by atoms with Crippen molar-refractivity contribution in [3.8, 4) is 11.3 Å². The lowest BCUT2D eigenvalue weighted by molar-refractivity contribution is 0.277. The van der Waals surface area contributed by atoms with Gasteiger partial charge in [0.2, 0.25) is 0 Å². The number of hydrogen-bond acceptors (Lipinski definition) is 3. The molecule has 0 bridgehead atoms. The first-order valence-electron chi connectivity index (χ1n) is 5.76. The van der Waals surface area contributed by atoms with Gasteiger partial charge in [-0.2, -0.15) is 0 Å². The summed E-state index contributed by atoms with van der Waals surface area (Å²) in [5.74, 6) is 0.499. The van der Waals surface area contributed by atoms with Crippen molar-refractivity contribution in [3.05, 3.63) is 40.4 Å². The molecule has 0 spiro atoms. The van der Waals surface area contributed by atoms with Gasteiger partial charge in [0.15, 0.2) is 0 Å². The minimum absolute atomic E-state index is 0.193. The van der Waals surface area contributed by atoms with E-state index in [2.05, 4.69) is 5.16 Å². The van der Waals surface area contributed by atoms with Crippen LogP contribution in [0, 0.1) is 5.82 Å². The zero-order valence-corrected chi connectivity index (χ0v) is 10.2. The first-order valence-corrected chi connectivity index (χ1v) is 6.14. The molecule has 1 N–H and O–H groups in total. The molecule has 1 saturated carbocycles. The van der Waals surface area contributed by atoms with Crippen molar-refractivity contribution in [3.63, 3.8) is 0 Å². The normalized spacial score (nSPS) is 15.1. The molecule has 1 heterocycles. The van der Waals surface area contributed by atoms with Gasteiger partial charge in [0.1, 0.15) is 17.3 Å². The Morgan fingerprint density at radius 3 is 2.83 bits per heavy atom. The van der Waals surface area contributed by atoms with Crippen LogP contribution < -0.4 is 0 Å². The lowest BCUT2D eigenvalue weighted by Crippen LogP contribution is -1.93. The van der Waals surface area contributed by atoms with E-state index in [1.54, 1.807) is 6.07 Å². The summed E-state index contributed by atoms with van der Waals surface area (Å²) in [6.45, 7) is -0.227. The predicted molar refractivity (Wildman–Crippen MR) is 64.8 cm³/mol. The van der Waals surface area contributed by atoms with Crippen LogP contribution in [-0.2, 0) is 6.61 Å². The highest BCUT2D eigenvalue weighted by Gasteiger charge is 2.33. The van der Waals surface area contributed by atoms with Gasteiger partial charge in [-0.3, -0.25) is 0 Å². The maximum atomic E-state index is 13.8. The van der Waals surface area contributed by atoms with Gasteiger partial charge in [-0.1, -0.05) is 22.8 Å². The molecule has 94 valence electrons. The third kappa shape index (κ3) is 1.82. The number of halogens is 2. The first kappa shape index (κ1) is 11.7. The Kier molecular flexibility index (Phi) is 2.84. The van der Waals surface area contributed by atoms with Crippen LogP contribution in [0.5, 0.6) is 0 Å². The van der Waals surface area contributed by atoms with E-state index in [4.69, 9.17) is 16.1 Å². The van der Waals surface area contributed by atoms with Gasteiger partial charge in [-0.15, -0.1) is 0 Å². The van der Waals surface area contributed by atoms with Crippen LogP contribution in [-0.4, -0.2) is 10.3 Å². The first-order chi connectivity index (χ1) is 8.72. The number of benzene rings is 1. The van der Waals surface area contributed by atoms with Gasteiger partial charge in [0, 0.05) is 11.5 Å². The van der Waals surface area contributed by atoms with E-state index >= 15 is 0 Å². The molecule has 0 unspecified atom stereocenters. The summed E-state index contributed by atoms with van der Waals surface area (Å²) >= 11 is 5.99. The molecule has 1 fully saturated rings. The summed E-state index contributed by atoms with van der Waals surface area (Å²) < 4.78 is 19.1. The average molecular weight is 268 g/mol. The largest absolute Gasteiger partial charge is 0.391 e. The van der Waals surface area contributed by atoms with E-state index in [9.17, 15) is 9.50 Å². The molecule has 1 aliphatic rings. The lowest BCUT2D eigenvalue weighted by atomic mass is 10.0. The highest BCUT2D eigenvalue weighted by Crippen LogP contribution is 2.44. The fraction of sp³-hybridized carbons (Fsp3) is 0.308. The number of aliphatic hydroxyl groups is 1. The Morgan fingerprint density at radius 1 is 1.44 bits per heavy atom. The summed E-state index contributed by atoms with van der Waals surface area (Å²) in [7, 11) is 0. The van der Waals surface area contributed by atoms with E-state index < -0.39 is 5.82 Å². The van der Waals surface area contributed by atoms with Gasteiger partial charge >= 0.3 is 0 Å². The van der Waals surface area contributed by atoms with Crippen LogP contribution in [0.25, 0.3) is 11.3 Å². The monoisotopic (exact) mass is 267 g/mol. The van der Waals surface area contributed by atoms with Crippen LogP contribution >= 0.6 is 11.6 Å². The lowest BCUT2D eigenvalue weighted by Gasteiger charge is -2.04. The molecule has 0 atom stereocenters. The fourth-order valence-electron chi connectivity index (χ4n) is 2.06. The van der Waals surface area contributed by atoms with Crippen molar-refractivity contribution in [1.82, 2.24) is 5.16 Å². The van der Waals surface area contributed by atoms with Gasteiger partial charge in [-0.05, 0) is 25.0 Å². The van der Waals surface area contributed by atoms with E-state index in [0.717, 1.165) is 12.8 Å². The molecule has 18 heavy (non-hydrogen) atoms. The molecule has 3 nitrogen and oxygen atoms in total. The quantitative estimate of drug-likeness (QED) is 0.926. The van der Waals surface area contributed by atoms with Crippen molar-refractivity contribution in [2.24, 2.45) is 0 Å². The maximum Gasteiger partial charge on any atom is 0.145 e. The molecular formula is C13H11ClFNO2. The SMILES string of the molecule is OCc1c(-c2c(F)cccc2Cl)noc1C1CC1. The van der Waals surface area contributed by atoms with E-state index in [1.165, 1.54) is 12.1 Å². The second-order valence-electron chi connectivity index (χ2n) is 4.40. The second kappa shape index (κ2) is 4.37. The molecule has 1 aromatic heterocycles. The van der Waals surface area contributed by atoms with Crippen LogP contribution in [0.3, 0.4) is 0 Å². The van der Waals surface area contributed by atoms with Crippen molar-refractivity contribution >= 4 is 11.6 Å². The summed E-state index contributed by atoms with van der Waals surface area (Å²) in [5.41, 5.74) is 1.05.